The molecule has 0 fully saturated rings. The Kier molecular flexibility index (Phi) is 3.52. The highest BCUT2D eigenvalue weighted by Crippen LogP contribution is 2.21. The highest BCUT2D eigenvalue weighted by molar-refractivity contribution is 5.55. The zero-order valence-corrected chi connectivity index (χ0v) is 9.51. The fraction of sp³-hybridized carbons (Fsp3) is 0.273. The predicted molar refractivity (Wildman–Crippen MR) is 59.0 cm³/mol. The van der Waals surface area contributed by atoms with Gasteiger partial charge in [0.05, 0.1) is 6.04 Å². The molecule has 96 valence electrons. The lowest BCUT2D eigenvalue weighted by atomic mass is 10.2. The molecule has 0 saturated heterocycles. The summed E-state index contributed by atoms with van der Waals surface area (Å²) in [6, 6.07) is 5.58. The van der Waals surface area contributed by atoms with Crippen molar-refractivity contribution < 1.29 is 18.0 Å². The van der Waals surface area contributed by atoms with E-state index in [1.165, 1.54) is 12.1 Å². The molecule has 0 aliphatic rings. The Morgan fingerprint density at radius 2 is 1.94 bits per heavy atom. The van der Waals surface area contributed by atoms with Crippen LogP contribution < -0.4 is 10.5 Å². The molecule has 18 heavy (non-hydrogen) atoms. The van der Waals surface area contributed by atoms with Gasteiger partial charge in [-0.25, -0.2) is 0 Å². The number of hydrogen-bond acceptors (Lipinski definition) is 5. The number of benzene rings is 1. The van der Waals surface area contributed by atoms with Crippen molar-refractivity contribution in [3.05, 3.63) is 30.2 Å². The van der Waals surface area contributed by atoms with Gasteiger partial charge in [0.2, 0.25) is 11.7 Å². The van der Waals surface area contributed by atoms with Gasteiger partial charge in [0.1, 0.15) is 5.75 Å². The average Bonchev–Trinajstić information content (AvgIpc) is 2.78. The molecule has 0 aliphatic carbocycles. The molecular formula is C11H11F2N3O2. The van der Waals surface area contributed by atoms with Crippen molar-refractivity contribution in [3.63, 3.8) is 0 Å². The maximum absolute atomic E-state index is 12.0. The number of halogens is 2. The zero-order valence-electron chi connectivity index (χ0n) is 9.51. The largest absolute Gasteiger partial charge is 0.435 e. The van der Waals surface area contributed by atoms with Crippen LogP contribution in [0.15, 0.2) is 28.8 Å². The molecule has 0 amide bonds. The molecule has 5 nitrogen and oxygen atoms in total. The summed E-state index contributed by atoms with van der Waals surface area (Å²) in [5.41, 5.74) is 6.22. The van der Waals surface area contributed by atoms with E-state index in [2.05, 4.69) is 14.9 Å². The van der Waals surface area contributed by atoms with Crippen LogP contribution in [-0.2, 0) is 0 Å². The van der Waals surface area contributed by atoms with Gasteiger partial charge in [-0.15, -0.1) is 0 Å². The predicted octanol–water partition coefficient (Wildman–Crippen LogP) is 2.36. The Balaban J connectivity index is 2.17. The van der Waals surface area contributed by atoms with Crippen molar-refractivity contribution in [2.24, 2.45) is 5.73 Å². The van der Waals surface area contributed by atoms with Gasteiger partial charge < -0.3 is 15.0 Å². The highest BCUT2D eigenvalue weighted by atomic mass is 19.3. The fourth-order valence-corrected chi connectivity index (χ4v) is 1.32. The Hall–Kier alpha value is -2.02. The van der Waals surface area contributed by atoms with Crippen molar-refractivity contribution in [2.75, 3.05) is 0 Å². The summed E-state index contributed by atoms with van der Waals surface area (Å²) in [7, 11) is 0. The molecule has 0 aliphatic heterocycles. The molecule has 1 heterocycles. The molecule has 1 aromatic carbocycles. The number of rotatable bonds is 4. The minimum Gasteiger partial charge on any atom is -0.435 e. The van der Waals surface area contributed by atoms with Crippen molar-refractivity contribution in [1.82, 2.24) is 10.1 Å². The Labute approximate surface area is 102 Å². The normalized spacial score (nSPS) is 12.7. The van der Waals surface area contributed by atoms with Crippen molar-refractivity contribution in [2.45, 2.75) is 19.6 Å². The second-order valence-corrected chi connectivity index (χ2v) is 3.65. The Bertz CT molecular complexity index is 511. The number of ether oxygens (including phenoxy) is 1. The lowest BCUT2D eigenvalue weighted by molar-refractivity contribution is -0.0498. The molecule has 2 aromatic rings. The summed E-state index contributed by atoms with van der Waals surface area (Å²) in [5, 5.41) is 3.74. The summed E-state index contributed by atoms with van der Waals surface area (Å²) in [4.78, 5) is 4.08. The van der Waals surface area contributed by atoms with Crippen LogP contribution in [0.5, 0.6) is 5.75 Å². The summed E-state index contributed by atoms with van der Waals surface area (Å²) in [6.07, 6.45) is 0. The van der Waals surface area contributed by atoms with Crippen LogP contribution in [-0.4, -0.2) is 16.8 Å². The first-order valence-electron chi connectivity index (χ1n) is 5.20. The van der Waals surface area contributed by atoms with Crippen LogP contribution in [0.4, 0.5) is 8.78 Å². The molecule has 2 rings (SSSR count). The van der Waals surface area contributed by atoms with Gasteiger partial charge in [0, 0.05) is 5.56 Å². The number of aromatic nitrogens is 2. The minimum atomic E-state index is -2.84. The standard InChI is InChI=1S/C11H11F2N3O2/c1-6(14)10-15-9(16-18-10)7-2-4-8(5-3-7)17-11(12)13/h2-6,11H,14H2,1H3/t6-/m1/s1. The maximum Gasteiger partial charge on any atom is 0.387 e. The lowest BCUT2D eigenvalue weighted by Crippen LogP contribution is -2.04. The van der Waals surface area contributed by atoms with E-state index < -0.39 is 6.61 Å². The van der Waals surface area contributed by atoms with Crippen molar-refractivity contribution in [3.8, 4) is 17.1 Å². The molecule has 0 unspecified atom stereocenters. The van der Waals surface area contributed by atoms with Crippen molar-refractivity contribution >= 4 is 0 Å². The van der Waals surface area contributed by atoms with Crippen LogP contribution in [0.3, 0.4) is 0 Å². The third-order valence-electron chi connectivity index (χ3n) is 2.17. The van der Waals surface area contributed by atoms with Gasteiger partial charge in [-0.3, -0.25) is 0 Å². The summed E-state index contributed by atoms with van der Waals surface area (Å²) >= 11 is 0. The van der Waals surface area contributed by atoms with Crippen molar-refractivity contribution in [1.29, 1.82) is 0 Å². The van der Waals surface area contributed by atoms with E-state index in [9.17, 15) is 8.78 Å². The third-order valence-corrected chi connectivity index (χ3v) is 2.17. The van der Waals surface area contributed by atoms with Gasteiger partial charge in [0.15, 0.2) is 0 Å². The zero-order chi connectivity index (χ0) is 13.1. The average molecular weight is 255 g/mol. The van der Waals surface area contributed by atoms with Gasteiger partial charge in [-0.1, -0.05) is 5.16 Å². The third kappa shape index (κ3) is 2.80. The number of nitrogens with two attached hydrogens (primary N) is 1. The van der Waals surface area contributed by atoms with E-state index in [0.717, 1.165) is 0 Å². The molecule has 0 spiro atoms. The topological polar surface area (TPSA) is 74.2 Å². The first kappa shape index (κ1) is 12.4. The molecule has 7 heteroatoms. The van der Waals surface area contributed by atoms with Gasteiger partial charge >= 0.3 is 6.61 Å². The minimum absolute atomic E-state index is 0.0738. The molecule has 0 bridgehead atoms. The van der Waals surface area contributed by atoms with Crippen LogP contribution in [0.1, 0.15) is 18.9 Å². The number of alkyl halides is 2. The molecule has 0 radical (unpaired) electrons. The van der Waals surface area contributed by atoms with Crippen LogP contribution in [0.25, 0.3) is 11.4 Å². The van der Waals surface area contributed by atoms with E-state index in [0.29, 0.717) is 17.3 Å². The van der Waals surface area contributed by atoms with E-state index in [1.807, 2.05) is 0 Å². The molecule has 1 aromatic heterocycles. The van der Waals surface area contributed by atoms with Crippen LogP contribution in [0, 0.1) is 0 Å². The van der Waals surface area contributed by atoms with E-state index in [1.54, 1.807) is 19.1 Å². The molecule has 0 saturated carbocycles. The first-order chi connectivity index (χ1) is 8.56. The van der Waals surface area contributed by atoms with E-state index in [4.69, 9.17) is 10.3 Å². The number of hydrogen-bond donors (Lipinski definition) is 1. The summed E-state index contributed by atoms with van der Waals surface area (Å²) in [5.74, 6) is 0.744. The Morgan fingerprint density at radius 1 is 1.28 bits per heavy atom. The number of nitrogens with zero attached hydrogens (tertiary/aromatic N) is 2. The summed E-state index contributed by atoms with van der Waals surface area (Å²) in [6.45, 7) is -1.12. The van der Waals surface area contributed by atoms with Crippen LogP contribution in [0.2, 0.25) is 0 Å². The van der Waals surface area contributed by atoms with E-state index >= 15 is 0 Å². The second kappa shape index (κ2) is 5.09. The molecule has 1 atom stereocenters. The maximum atomic E-state index is 12.0. The molecular weight excluding hydrogens is 244 g/mol. The fourth-order valence-electron chi connectivity index (χ4n) is 1.32. The highest BCUT2D eigenvalue weighted by Gasteiger charge is 2.12. The SMILES string of the molecule is C[C@@H](N)c1nc(-c2ccc(OC(F)F)cc2)no1. The first-order valence-corrected chi connectivity index (χ1v) is 5.20. The monoisotopic (exact) mass is 255 g/mol. The van der Waals surface area contributed by atoms with Crippen LogP contribution >= 0.6 is 0 Å². The smallest absolute Gasteiger partial charge is 0.387 e. The quantitative estimate of drug-likeness (QED) is 0.907. The van der Waals surface area contributed by atoms with Gasteiger partial charge in [0.25, 0.3) is 0 Å². The lowest BCUT2D eigenvalue weighted by Gasteiger charge is -2.03. The van der Waals surface area contributed by atoms with Gasteiger partial charge in [-0.2, -0.15) is 13.8 Å². The second-order valence-electron chi connectivity index (χ2n) is 3.65. The van der Waals surface area contributed by atoms with E-state index in [-0.39, 0.29) is 11.8 Å². The van der Waals surface area contributed by atoms with Gasteiger partial charge in [-0.05, 0) is 31.2 Å². The Morgan fingerprint density at radius 3 is 2.44 bits per heavy atom. The summed E-state index contributed by atoms with van der Waals surface area (Å²) < 4.78 is 33.1. The molecule has 2 N–H and O–H groups in total.